The molecule has 3 fully saturated rings. The molecule has 2 heteroatoms. The maximum atomic E-state index is 3.94. The number of hydrogen-bond acceptors (Lipinski definition) is 2. The lowest BCUT2D eigenvalue weighted by Crippen LogP contribution is -2.68. The van der Waals surface area contributed by atoms with Crippen LogP contribution in [0.4, 0.5) is 0 Å². The SMILES string of the molecule is CCC1CNC2(CCCC2)CN1C1(C)CCCCC1. The first-order chi connectivity index (χ1) is 9.18. The largest absolute Gasteiger partial charge is 0.308 e. The molecule has 1 heterocycles. The zero-order valence-corrected chi connectivity index (χ0v) is 13.0. The minimum Gasteiger partial charge on any atom is -0.308 e. The zero-order valence-electron chi connectivity index (χ0n) is 13.0. The molecule has 1 aliphatic heterocycles. The van der Waals surface area contributed by atoms with Gasteiger partial charge in [-0.15, -0.1) is 0 Å². The summed E-state index contributed by atoms with van der Waals surface area (Å²) in [5, 5.41) is 3.94. The van der Waals surface area contributed by atoms with E-state index in [9.17, 15) is 0 Å². The Kier molecular flexibility index (Phi) is 3.92. The van der Waals surface area contributed by atoms with E-state index in [-0.39, 0.29) is 0 Å². The summed E-state index contributed by atoms with van der Waals surface area (Å²) in [5.74, 6) is 0. The van der Waals surface area contributed by atoms with Gasteiger partial charge in [0.1, 0.15) is 0 Å². The van der Waals surface area contributed by atoms with Gasteiger partial charge >= 0.3 is 0 Å². The van der Waals surface area contributed by atoms with Crippen LogP contribution in [0.3, 0.4) is 0 Å². The van der Waals surface area contributed by atoms with Gasteiger partial charge in [-0.2, -0.15) is 0 Å². The van der Waals surface area contributed by atoms with E-state index in [0.717, 1.165) is 6.04 Å². The number of hydrogen-bond donors (Lipinski definition) is 1. The third-order valence-corrected chi connectivity index (χ3v) is 6.28. The first kappa shape index (κ1) is 13.9. The third-order valence-electron chi connectivity index (χ3n) is 6.28. The van der Waals surface area contributed by atoms with Crippen LogP contribution in [0.2, 0.25) is 0 Å². The smallest absolute Gasteiger partial charge is 0.0309 e. The number of rotatable bonds is 2. The van der Waals surface area contributed by atoms with Gasteiger partial charge in [0.25, 0.3) is 0 Å². The van der Waals surface area contributed by atoms with E-state index >= 15 is 0 Å². The van der Waals surface area contributed by atoms with Crippen LogP contribution in [0.15, 0.2) is 0 Å². The fraction of sp³-hybridized carbons (Fsp3) is 1.00. The molecule has 0 radical (unpaired) electrons. The Morgan fingerprint density at radius 2 is 1.63 bits per heavy atom. The Bertz CT molecular complexity index is 300. The molecule has 0 bridgehead atoms. The molecule has 1 unspecified atom stereocenters. The quantitative estimate of drug-likeness (QED) is 0.818. The van der Waals surface area contributed by atoms with E-state index in [0.29, 0.717) is 11.1 Å². The standard InChI is InChI=1S/C17H32N2/c1-3-15-13-18-17(11-7-8-12-17)14-19(15)16(2)9-5-4-6-10-16/h15,18H,3-14H2,1-2H3. The van der Waals surface area contributed by atoms with Crippen molar-refractivity contribution >= 4 is 0 Å². The lowest BCUT2D eigenvalue weighted by molar-refractivity contribution is -0.0275. The molecule has 3 rings (SSSR count). The van der Waals surface area contributed by atoms with Gasteiger partial charge in [0.15, 0.2) is 0 Å². The van der Waals surface area contributed by atoms with Gasteiger partial charge in [0, 0.05) is 30.2 Å². The Balaban J connectivity index is 1.78. The van der Waals surface area contributed by atoms with E-state index in [1.807, 2.05) is 0 Å². The molecular formula is C17H32N2. The minimum absolute atomic E-state index is 0.478. The van der Waals surface area contributed by atoms with Crippen molar-refractivity contribution in [3.05, 3.63) is 0 Å². The Labute approximate surface area is 119 Å². The van der Waals surface area contributed by atoms with Crippen LogP contribution >= 0.6 is 0 Å². The molecule has 1 atom stereocenters. The molecule has 19 heavy (non-hydrogen) atoms. The van der Waals surface area contributed by atoms with Crippen LogP contribution in [-0.2, 0) is 0 Å². The number of piperazine rings is 1. The summed E-state index contributed by atoms with van der Waals surface area (Å²) < 4.78 is 0. The minimum atomic E-state index is 0.478. The maximum absolute atomic E-state index is 3.94. The average Bonchev–Trinajstić information content (AvgIpc) is 2.88. The normalized spacial score (nSPS) is 34.7. The zero-order chi connectivity index (χ0) is 13.3. The number of nitrogens with zero attached hydrogens (tertiary/aromatic N) is 1. The highest BCUT2D eigenvalue weighted by Crippen LogP contribution is 2.41. The van der Waals surface area contributed by atoms with Gasteiger partial charge in [-0.1, -0.05) is 39.0 Å². The topological polar surface area (TPSA) is 15.3 Å². The van der Waals surface area contributed by atoms with Crippen LogP contribution in [-0.4, -0.2) is 35.1 Å². The van der Waals surface area contributed by atoms with Gasteiger partial charge in [0.05, 0.1) is 0 Å². The molecule has 0 aromatic carbocycles. The second-order valence-corrected chi connectivity index (χ2v) is 7.62. The molecule has 110 valence electrons. The van der Waals surface area contributed by atoms with Gasteiger partial charge in [-0.3, -0.25) is 4.90 Å². The fourth-order valence-electron chi connectivity index (χ4n) is 4.94. The van der Waals surface area contributed by atoms with Crippen LogP contribution in [0, 0.1) is 0 Å². The lowest BCUT2D eigenvalue weighted by Gasteiger charge is -2.55. The van der Waals surface area contributed by atoms with Crippen LogP contribution in [0.1, 0.15) is 78.1 Å². The molecule has 2 nitrogen and oxygen atoms in total. The van der Waals surface area contributed by atoms with E-state index in [2.05, 4.69) is 24.1 Å². The summed E-state index contributed by atoms with van der Waals surface area (Å²) >= 11 is 0. The summed E-state index contributed by atoms with van der Waals surface area (Å²) in [4.78, 5) is 2.94. The highest BCUT2D eigenvalue weighted by atomic mass is 15.3. The van der Waals surface area contributed by atoms with Crippen LogP contribution in [0.5, 0.6) is 0 Å². The van der Waals surface area contributed by atoms with E-state index in [1.165, 1.54) is 77.3 Å². The molecule has 0 aromatic heterocycles. The van der Waals surface area contributed by atoms with E-state index < -0.39 is 0 Å². The first-order valence-electron chi connectivity index (χ1n) is 8.69. The lowest BCUT2D eigenvalue weighted by atomic mass is 9.78. The molecule has 1 saturated heterocycles. The summed E-state index contributed by atoms with van der Waals surface area (Å²) in [6, 6.07) is 0.773. The molecular weight excluding hydrogens is 232 g/mol. The van der Waals surface area contributed by atoms with Gasteiger partial charge in [-0.25, -0.2) is 0 Å². The second kappa shape index (κ2) is 5.37. The summed E-state index contributed by atoms with van der Waals surface area (Å²) in [6.45, 7) is 7.48. The molecule has 2 saturated carbocycles. The molecule has 1 spiro atoms. The van der Waals surface area contributed by atoms with E-state index in [1.54, 1.807) is 0 Å². The van der Waals surface area contributed by atoms with Crippen molar-refractivity contribution in [2.24, 2.45) is 0 Å². The van der Waals surface area contributed by atoms with Gasteiger partial charge in [0.2, 0.25) is 0 Å². The maximum Gasteiger partial charge on any atom is 0.0309 e. The van der Waals surface area contributed by atoms with E-state index in [4.69, 9.17) is 0 Å². The summed E-state index contributed by atoms with van der Waals surface area (Å²) in [5.41, 5.74) is 0.975. The van der Waals surface area contributed by atoms with Crippen molar-refractivity contribution in [1.29, 1.82) is 0 Å². The molecule has 2 aliphatic carbocycles. The Morgan fingerprint density at radius 1 is 1.00 bits per heavy atom. The first-order valence-corrected chi connectivity index (χ1v) is 8.69. The van der Waals surface area contributed by atoms with Crippen molar-refractivity contribution in [1.82, 2.24) is 10.2 Å². The van der Waals surface area contributed by atoms with Crippen molar-refractivity contribution in [3.63, 3.8) is 0 Å². The van der Waals surface area contributed by atoms with Gasteiger partial charge < -0.3 is 5.32 Å². The van der Waals surface area contributed by atoms with Crippen molar-refractivity contribution < 1.29 is 0 Å². The molecule has 0 aromatic rings. The predicted molar refractivity (Wildman–Crippen MR) is 81.5 cm³/mol. The third kappa shape index (κ3) is 2.58. The second-order valence-electron chi connectivity index (χ2n) is 7.62. The van der Waals surface area contributed by atoms with Crippen molar-refractivity contribution in [3.8, 4) is 0 Å². The average molecular weight is 264 g/mol. The Morgan fingerprint density at radius 3 is 2.26 bits per heavy atom. The highest BCUT2D eigenvalue weighted by molar-refractivity contribution is 5.05. The molecule has 1 N–H and O–H groups in total. The molecule has 3 aliphatic rings. The molecule has 0 amide bonds. The van der Waals surface area contributed by atoms with Crippen LogP contribution in [0.25, 0.3) is 0 Å². The predicted octanol–water partition coefficient (Wildman–Crippen LogP) is 3.71. The monoisotopic (exact) mass is 264 g/mol. The van der Waals surface area contributed by atoms with Crippen molar-refractivity contribution in [2.45, 2.75) is 95.2 Å². The summed E-state index contributed by atoms with van der Waals surface area (Å²) in [6.07, 6.45) is 14.2. The van der Waals surface area contributed by atoms with Crippen molar-refractivity contribution in [2.75, 3.05) is 13.1 Å². The fourth-order valence-corrected chi connectivity index (χ4v) is 4.94. The summed E-state index contributed by atoms with van der Waals surface area (Å²) in [7, 11) is 0. The van der Waals surface area contributed by atoms with Crippen LogP contribution < -0.4 is 5.32 Å². The Hall–Kier alpha value is -0.0800. The number of nitrogens with one attached hydrogen (secondary N) is 1. The highest BCUT2D eigenvalue weighted by Gasteiger charge is 2.46. The van der Waals surface area contributed by atoms with Gasteiger partial charge in [-0.05, 0) is 39.0 Å².